The second kappa shape index (κ2) is 5.26. The van der Waals surface area contributed by atoms with Crippen LogP contribution in [-0.2, 0) is 0 Å². The molecule has 0 amide bonds. The van der Waals surface area contributed by atoms with E-state index in [9.17, 15) is 0 Å². The van der Waals surface area contributed by atoms with E-state index in [2.05, 4.69) is 9.97 Å². The maximum absolute atomic E-state index is 8.49. The van der Waals surface area contributed by atoms with Crippen molar-refractivity contribution in [2.75, 3.05) is 0 Å². The van der Waals surface area contributed by atoms with E-state index in [0.29, 0.717) is 5.06 Å². The molecule has 3 nitrogen and oxygen atoms in total. The van der Waals surface area contributed by atoms with E-state index in [-0.39, 0.29) is 0 Å². The number of hydrogen-bond donors (Lipinski definition) is 1. The Hall–Kier alpha value is -1.42. The van der Waals surface area contributed by atoms with Gasteiger partial charge in [0.2, 0.25) is 0 Å². The maximum atomic E-state index is 8.49. The molecule has 0 bridgehead atoms. The fraction of sp³-hybridized carbons (Fsp3) is 0. The quantitative estimate of drug-likeness (QED) is 0.673. The van der Waals surface area contributed by atoms with Gasteiger partial charge in [-0.25, -0.2) is 9.97 Å². The van der Waals surface area contributed by atoms with Gasteiger partial charge in [0, 0.05) is 12.4 Å². The lowest BCUT2D eigenvalue weighted by Crippen LogP contribution is -1.66. The lowest BCUT2D eigenvalue weighted by molar-refractivity contribution is 0.491. The van der Waals surface area contributed by atoms with Crippen molar-refractivity contribution in [3.05, 3.63) is 42.3 Å². The molecule has 2 rings (SSSR count). The third-order valence-corrected chi connectivity index (χ3v) is 1.65. The summed E-state index contributed by atoms with van der Waals surface area (Å²) in [6.07, 6.45) is 4.88. The zero-order valence-corrected chi connectivity index (χ0v) is 7.11. The van der Waals surface area contributed by atoms with Crippen LogP contribution in [0.15, 0.2) is 42.3 Å². The summed E-state index contributed by atoms with van der Waals surface area (Å²) < 4.78 is 0. The highest BCUT2D eigenvalue weighted by Gasteiger charge is 1.77. The highest BCUT2D eigenvalue weighted by atomic mass is 32.1. The molecule has 0 unspecified atom stereocenters. The molecule has 4 heteroatoms. The largest absolute Gasteiger partial charge is 0.499 e. The van der Waals surface area contributed by atoms with E-state index in [1.54, 1.807) is 30.6 Å². The Kier molecular flexibility index (Phi) is 3.80. The number of hydrogen-bond acceptors (Lipinski definition) is 4. The molecule has 0 radical (unpaired) electrons. The van der Waals surface area contributed by atoms with E-state index in [1.165, 1.54) is 17.7 Å². The summed E-state index contributed by atoms with van der Waals surface area (Å²) in [6, 6.07) is 5.24. The first kappa shape index (κ1) is 8.67. The Morgan fingerprint density at radius 1 is 1.17 bits per heavy atom. The molecule has 1 N–H and O–H groups in total. The van der Waals surface area contributed by atoms with E-state index >= 15 is 0 Å². The molecular formula is C8H8N2OS. The van der Waals surface area contributed by atoms with Crippen LogP contribution >= 0.6 is 11.3 Å². The van der Waals surface area contributed by atoms with Gasteiger partial charge in [-0.1, -0.05) is 0 Å². The molecule has 0 aliphatic rings. The van der Waals surface area contributed by atoms with Crippen molar-refractivity contribution in [1.82, 2.24) is 9.97 Å². The summed E-state index contributed by atoms with van der Waals surface area (Å²) in [5.41, 5.74) is 0. The van der Waals surface area contributed by atoms with Crippen LogP contribution in [0.25, 0.3) is 0 Å². The first-order chi connectivity index (χ1) is 5.89. The molecule has 2 heterocycles. The van der Waals surface area contributed by atoms with Crippen molar-refractivity contribution in [1.29, 1.82) is 0 Å². The zero-order chi connectivity index (χ0) is 8.65. The van der Waals surface area contributed by atoms with Gasteiger partial charge in [0.05, 0.1) is 0 Å². The van der Waals surface area contributed by atoms with Gasteiger partial charge in [-0.3, -0.25) is 0 Å². The Morgan fingerprint density at radius 3 is 2.08 bits per heavy atom. The molecule has 62 valence electrons. The van der Waals surface area contributed by atoms with Gasteiger partial charge in [-0.05, 0) is 23.6 Å². The van der Waals surface area contributed by atoms with Gasteiger partial charge in [0.15, 0.2) is 5.06 Å². The molecule has 0 aliphatic carbocycles. The average Bonchev–Trinajstić information content (AvgIpc) is 2.60. The summed E-state index contributed by atoms with van der Waals surface area (Å²) in [5.74, 6) is 0. The highest BCUT2D eigenvalue weighted by molar-refractivity contribution is 7.11. The first-order valence-corrected chi connectivity index (χ1v) is 4.20. The number of thiophene rings is 1. The van der Waals surface area contributed by atoms with Crippen molar-refractivity contribution in [2.24, 2.45) is 0 Å². The molecule has 0 aromatic carbocycles. The summed E-state index contributed by atoms with van der Waals surface area (Å²) >= 11 is 1.33. The van der Waals surface area contributed by atoms with Crippen molar-refractivity contribution < 1.29 is 5.11 Å². The van der Waals surface area contributed by atoms with Gasteiger partial charge in [-0.15, -0.1) is 11.3 Å². The second-order valence-corrected chi connectivity index (χ2v) is 2.78. The molecule has 2 aromatic heterocycles. The van der Waals surface area contributed by atoms with Crippen LogP contribution < -0.4 is 0 Å². The van der Waals surface area contributed by atoms with Gasteiger partial charge in [0.25, 0.3) is 0 Å². The summed E-state index contributed by atoms with van der Waals surface area (Å²) in [6.45, 7) is 0. The monoisotopic (exact) mass is 180 g/mol. The van der Waals surface area contributed by atoms with Gasteiger partial charge >= 0.3 is 0 Å². The van der Waals surface area contributed by atoms with E-state index in [1.807, 2.05) is 5.38 Å². The smallest absolute Gasteiger partial charge is 0.171 e. The Balaban J connectivity index is 0.000000120. The van der Waals surface area contributed by atoms with Crippen LogP contribution in [-0.4, -0.2) is 15.1 Å². The van der Waals surface area contributed by atoms with Gasteiger partial charge in [0.1, 0.15) is 6.33 Å². The summed E-state index contributed by atoms with van der Waals surface area (Å²) in [4.78, 5) is 7.35. The minimum atomic E-state index is 0.384. The summed E-state index contributed by atoms with van der Waals surface area (Å²) in [5, 5.41) is 10.7. The van der Waals surface area contributed by atoms with E-state index in [4.69, 9.17) is 5.11 Å². The summed E-state index contributed by atoms with van der Waals surface area (Å²) in [7, 11) is 0. The molecular weight excluding hydrogens is 172 g/mol. The van der Waals surface area contributed by atoms with Crippen LogP contribution in [0.2, 0.25) is 0 Å². The lowest BCUT2D eigenvalue weighted by Gasteiger charge is -1.70. The van der Waals surface area contributed by atoms with E-state index < -0.39 is 0 Å². The third-order valence-electron chi connectivity index (χ3n) is 0.984. The molecule has 0 saturated heterocycles. The van der Waals surface area contributed by atoms with E-state index in [0.717, 1.165) is 0 Å². The Bertz CT molecular complexity index is 256. The number of rotatable bonds is 0. The highest BCUT2D eigenvalue weighted by Crippen LogP contribution is 2.14. The van der Waals surface area contributed by atoms with Crippen LogP contribution in [0.3, 0.4) is 0 Å². The van der Waals surface area contributed by atoms with Crippen molar-refractivity contribution in [3.8, 4) is 5.06 Å². The normalized spacial score (nSPS) is 8.33. The number of aromatic hydroxyl groups is 1. The Morgan fingerprint density at radius 2 is 1.92 bits per heavy atom. The third kappa shape index (κ3) is 3.68. The molecule has 2 aromatic rings. The minimum Gasteiger partial charge on any atom is -0.499 e. The fourth-order valence-corrected chi connectivity index (χ4v) is 0.977. The SMILES string of the molecule is Oc1cccs1.c1cncnc1. The molecule has 0 spiro atoms. The van der Waals surface area contributed by atoms with Crippen LogP contribution in [0, 0.1) is 0 Å². The molecule has 0 aliphatic heterocycles. The van der Waals surface area contributed by atoms with Crippen LogP contribution in [0.5, 0.6) is 5.06 Å². The number of nitrogens with zero attached hydrogens (tertiary/aromatic N) is 2. The predicted octanol–water partition coefficient (Wildman–Crippen LogP) is 1.93. The Labute approximate surface area is 74.4 Å². The van der Waals surface area contributed by atoms with Crippen LogP contribution in [0.4, 0.5) is 0 Å². The topological polar surface area (TPSA) is 46.0 Å². The van der Waals surface area contributed by atoms with Crippen molar-refractivity contribution >= 4 is 11.3 Å². The molecule has 0 atom stereocenters. The zero-order valence-electron chi connectivity index (χ0n) is 6.29. The van der Waals surface area contributed by atoms with Gasteiger partial charge < -0.3 is 5.11 Å². The molecule has 12 heavy (non-hydrogen) atoms. The van der Waals surface area contributed by atoms with Crippen molar-refractivity contribution in [3.63, 3.8) is 0 Å². The predicted molar refractivity (Wildman–Crippen MR) is 48.0 cm³/mol. The maximum Gasteiger partial charge on any atom is 0.171 e. The second-order valence-electron chi connectivity index (χ2n) is 1.86. The first-order valence-electron chi connectivity index (χ1n) is 3.32. The minimum absolute atomic E-state index is 0.384. The average molecular weight is 180 g/mol. The fourth-order valence-electron chi connectivity index (χ4n) is 0.523. The molecule has 0 saturated carbocycles. The lowest BCUT2D eigenvalue weighted by atomic mass is 10.7. The standard InChI is InChI=1S/C4H4N2.C4H4OS/c1-2-5-4-6-3-1;5-4-2-1-3-6-4/h1-4H;1-3,5H. The number of aromatic nitrogens is 2. The van der Waals surface area contributed by atoms with Crippen molar-refractivity contribution in [2.45, 2.75) is 0 Å². The van der Waals surface area contributed by atoms with Gasteiger partial charge in [-0.2, -0.15) is 0 Å². The van der Waals surface area contributed by atoms with Crippen LogP contribution in [0.1, 0.15) is 0 Å². The molecule has 0 fully saturated rings.